The lowest BCUT2D eigenvalue weighted by molar-refractivity contribution is 0.0778. The molecular weight excluding hydrogens is 287 g/mol. The molecule has 1 aromatic rings. The summed E-state index contributed by atoms with van der Waals surface area (Å²) in [4.78, 5) is 13.0. The van der Waals surface area contributed by atoms with E-state index in [0.717, 1.165) is 18.2 Å². The average Bonchev–Trinajstić information content (AvgIpc) is 2.36. The Morgan fingerprint density at radius 3 is 2.60 bits per heavy atom. The number of primary sulfonamides is 1. The number of benzene rings is 1. The predicted molar refractivity (Wildman–Crippen MR) is 71.2 cm³/mol. The number of sulfonamides is 1. The second-order valence-electron chi connectivity index (χ2n) is 4.29. The van der Waals surface area contributed by atoms with Gasteiger partial charge < -0.3 is 9.64 Å². The van der Waals surface area contributed by atoms with Gasteiger partial charge in [0.25, 0.3) is 5.91 Å². The Labute approximate surface area is 117 Å². The number of methoxy groups -OCH3 is 1. The number of amides is 1. The van der Waals surface area contributed by atoms with E-state index in [0.29, 0.717) is 19.6 Å². The van der Waals surface area contributed by atoms with Crippen molar-refractivity contribution in [1.29, 1.82) is 0 Å². The number of rotatable bonds is 6. The van der Waals surface area contributed by atoms with Gasteiger partial charge in [-0.3, -0.25) is 4.79 Å². The van der Waals surface area contributed by atoms with Crippen molar-refractivity contribution in [3.8, 4) is 0 Å². The summed E-state index contributed by atoms with van der Waals surface area (Å²) in [5.41, 5.74) is -0.0612. The van der Waals surface area contributed by atoms with E-state index < -0.39 is 26.6 Å². The Kier molecular flexibility index (Phi) is 5.61. The van der Waals surface area contributed by atoms with Crippen molar-refractivity contribution in [2.75, 3.05) is 27.3 Å². The first kappa shape index (κ1) is 16.5. The van der Waals surface area contributed by atoms with Crippen LogP contribution >= 0.6 is 0 Å². The Balaban J connectivity index is 2.96. The summed E-state index contributed by atoms with van der Waals surface area (Å²) in [7, 11) is -0.969. The van der Waals surface area contributed by atoms with Gasteiger partial charge in [0.1, 0.15) is 5.82 Å². The van der Waals surface area contributed by atoms with E-state index in [1.165, 1.54) is 4.90 Å². The van der Waals surface area contributed by atoms with Crippen LogP contribution in [0.5, 0.6) is 0 Å². The maximum atomic E-state index is 13.4. The highest BCUT2D eigenvalue weighted by atomic mass is 32.2. The lowest BCUT2D eigenvalue weighted by Crippen LogP contribution is -2.28. The number of halogens is 1. The molecule has 0 spiro atoms. The third kappa shape index (κ3) is 4.55. The van der Waals surface area contributed by atoms with Crippen LogP contribution in [-0.2, 0) is 14.8 Å². The van der Waals surface area contributed by atoms with Crippen LogP contribution in [0.4, 0.5) is 4.39 Å². The third-order valence-electron chi connectivity index (χ3n) is 2.64. The summed E-state index contributed by atoms with van der Waals surface area (Å²) >= 11 is 0. The Morgan fingerprint density at radius 1 is 1.40 bits per heavy atom. The minimum Gasteiger partial charge on any atom is -0.385 e. The van der Waals surface area contributed by atoms with E-state index in [2.05, 4.69) is 0 Å². The number of hydrogen-bond donors (Lipinski definition) is 1. The summed E-state index contributed by atoms with van der Waals surface area (Å²) in [5.74, 6) is -1.31. The van der Waals surface area contributed by atoms with Gasteiger partial charge in [-0.2, -0.15) is 0 Å². The number of carbonyl (C=O) groups is 1. The summed E-state index contributed by atoms with van der Waals surface area (Å²) in [6, 6.07) is 2.81. The molecule has 8 heteroatoms. The van der Waals surface area contributed by atoms with E-state index in [1.807, 2.05) is 0 Å². The molecule has 1 rings (SSSR count). The molecule has 112 valence electrons. The van der Waals surface area contributed by atoms with E-state index in [9.17, 15) is 17.6 Å². The Hall–Kier alpha value is -1.51. The van der Waals surface area contributed by atoms with Crippen molar-refractivity contribution in [1.82, 2.24) is 4.90 Å². The summed E-state index contributed by atoms with van der Waals surface area (Å²) in [6.07, 6.45) is 0.621. The van der Waals surface area contributed by atoms with Crippen LogP contribution in [0.1, 0.15) is 16.8 Å². The third-order valence-corrected chi connectivity index (χ3v) is 3.53. The quantitative estimate of drug-likeness (QED) is 0.779. The average molecular weight is 304 g/mol. The van der Waals surface area contributed by atoms with Crippen molar-refractivity contribution in [2.24, 2.45) is 5.14 Å². The maximum Gasteiger partial charge on any atom is 0.253 e. The van der Waals surface area contributed by atoms with Crippen LogP contribution in [0.2, 0.25) is 0 Å². The first-order valence-corrected chi connectivity index (χ1v) is 7.38. The fourth-order valence-corrected chi connectivity index (χ4v) is 2.19. The van der Waals surface area contributed by atoms with Gasteiger partial charge in [-0.05, 0) is 24.6 Å². The maximum absolute atomic E-state index is 13.4. The number of carbonyl (C=O) groups excluding carboxylic acids is 1. The molecule has 0 saturated heterocycles. The first-order chi connectivity index (χ1) is 9.25. The predicted octanol–water partition coefficient (Wildman–Crippen LogP) is 0.582. The van der Waals surface area contributed by atoms with Crippen LogP contribution in [0.15, 0.2) is 23.1 Å². The largest absolute Gasteiger partial charge is 0.385 e. The highest BCUT2D eigenvalue weighted by molar-refractivity contribution is 7.89. The fourth-order valence-electron chi connectivity index (χ4n) is 1.62. The number of nitrogens with zero attached hydrogens (tertiary/aromatic N) is 1. The van der Waals surface area contributed by atoms with Crippen molar-refractivity contribution in [3.63, 3.8) is 0 Å². The zero-order valence-electron chi connectivity index (χ0n) is 11.3. The van der Waals surface area contributed by atoms with Crippen LogP contribution < -0.4 is 5.14 Å². The topological polar surface area (TPSA) is 89.7 Å². The van der Waals surface area contributed by atoms with E-state index in [4.69, 9.17) is 9.88 Å². The van der Waals surface area contributed by atoms with Crippen molar-refractivity contribution in [2.45, 2.75) is 11.3 Å². The molecule has 0 aliphatic heterocycles. The van der Waals surface area contributed by atoms with E-state index in [-0.39, 0.29) is 5.56 Å². The second-order valence-corrected chi connectivity index (χ2v) is 5.86. The molecule has 20 heavy (non-hydrogen) atoms. The lowest BCUT2D eigenvalue weighted by atomic mass is 10.2. The van der Waals surface area contributed by atoms with Gasteiger partial charge in [0.15, 0.2) is 0 Å². The molecule has 2 N–H and O–H groups in total. The van der Waals surface area contributed by atoms with Gasteiger partial charge in [0, 0.05) is 32.9 Å². The number of nitrogens with two attached hydrogens (primary N) is 1. The minimum atomic E-state index is -4.06. The molecule has 0 aliphatic carbocycles. The van der Waals surface area contributed by atoms with Crippen molar-refractivity contribution in [3.05, 3.63) is 29.6 Å². The van der Waals surface area contributed by atoms with Crippen LogP contribution in [0, 0.1) is 5.82 Å². The fraction of sp³-hybridized carbons (Fsp3) is 0.417. The molecule has 0 bridgehead atoms. The molecule has 6 nitrogen and oxygen atoms in total. The highest BCUT2D eigenvalue weighted by Gasteiger charge is 2.17. The molecule has 0 unspecified atom stereocenters. The Bertz CT molecular complexity index is 589. The molecule has 0 radical (unpaired) electrons. The van der Waals surface area contributed by atoms with Crippen molar-refractivity contribution >= 4 is 15.9 Å². The van der Waals surface area contributed by atoms with Gasteiger partial charge in [-0.15, -0.1) is 0 Å². The summed E-state index contributed by atoms with van der Waals surface area (Å²) in [6.45, 7) is 0.900. The molecular formula is C12H17FN2O4S. The molecule has 0 atom stereocenters. The molecule has 0 aromatic heterocycles. The second kappa shape index (κ2) is 6.78. The first-order valence-electron chi connectivity index (χ1n) is 5.83. The van der Waals surface area contributed by atoms with Crippen molar-refractivity contribution < 1.29 is 22.3 Å². The van der Waals surface area contributed by atoms with Gasteiger partial charge in [-0.1, -0.05) is 0 Å². The van der Waals surface area contributed by atoms with Crippen LogP contribution in [0.3, 0.4) is 0 Å². The molecule has 0 saturated carbocycles. The van der Waals surface area contributed by atoms with E-state index in [1.54, 1.807) is 14.2 Å². The van der Waals surface area contributed by atoms with Gasteiger partial charge in [0.05, 0.1) is 4.90 Å². The lowest BCUT2D eigenvalue weighted by Gasteiger charge is -2.17. The zero-order chi connectivity index (χ0) is 15.3. The Morgan fingerprint density at radius 2 is 2.05 bits per heavy atom. The highest BCUT2D eigenvalue weighted by Crippen LogP contribution is 2.14. The van der Waals surface area contributed by atoms with E-state index >= 15 is 0 Å². The minimum absolute atomic E-state index is 0.0612. The van der Waals surface area contributed by atoms with Crippen LogP contribution in [0.25, 0.3) is 0 Å². The SMILES string of the molecule is COCCCN(C)C(=O)c1cc(F)cc(S(N)(=O)=O)c1. The summed E-state index contributed by atoms with van der Waals surface area (Å²) in [5, 5.41) is 4.93. The van der Waals surface area contributed by atoms with Gasteiger partial charge in [-0.25, -0.2) is 17.9 Å². The zero-order valence-corrected chi connectivity index (χ0v) is 12.1. The molecule has 1 amide bonds. The number of hydrogen-bond acceptors (Lipinski definition) is 4. The monoisotopic (exact) mass is 304 g/mol. The summed E-state index contributed by atoms with van der Waals surface area (Å²) < 4.78 is 40.7. The van der Waals surface area contributed by atoms with Gasteiger partial charge >= 0.3 is 0 Å². The molecule has 0 fully saturated rings. The molecule has 0 heterocycles. The normalized spacial score (nSPS) is 11.4. The molecule has 0 aliphatic rings. The smallest absolute Gasteiger partial charge is 0.253 e. The standard InChI is InChI=1S/C12H17FN2O4S/c1-15(4-3-5-19-2)12(16)9-6-10(13)8-11(7-9)20(14,17)18/h6-8H,3-5H2,1-2H3,(H2,14,17,18). The van der Waals surface area contributed by atoms with Gasteiger partial charge in [0.2, 0.25) is 10.0 Å². The van der Waals surface area contributed by atoms with Crippen LogP contribution in [-0.4, -0.2) is 46.5 Å². The number of ether oxygens (including phenoxy) is 1. The molecule has 1 aromatic carbocycles.